The number of hydrogen-bond acceptors (Lipinski definition) is 2. The van der Waals surface area contributed by atoms with Gasteiger partial charge in [-0.15, -0.1) is 0 Å². The lowest BCUT2D eigenvalue weighted by Gasteiger charge is -2.25. The van der Waals surface area contributed by atoms with Gasteiger partial charge in [0.2, 0.25) is 0 Å². The van der Waals surface area contributed by atoms with E-state index >= 15 is 0 Å². The van der Waals surface area contributed by atoms with Gasteiger partial charge in [0.05, 0.1) is 0 Å². The fraction of sp³-hybridized carbons (Fsp3) is 0.625. The molecule has 0 unspecified atom stereocenters. The van der Waals surface area contributed by atoms with Crippen molar-refractivity contribution >= 4 is 21.6 Å². The van der Waals surface area contributed by atoms with Crippen molar-refractivity contribution in [1.82, 2.24) is 5.32 Å². The lowest BCUT2D eigenvalue weighted by atomic mass is 10.1. The summed E-state index contributed by atoms with van der Waals surface area (Å²) in [6, 6.07) is 6.55. The van der Waals surface area contributed by atoms with Crippen LogP contribution in [0.3, 0.4) is 0 Å². The zero-order valence-electron chi connectivity index (χ0n) is 12.8. The first kappa shape index (κ1) is 16.5. The van der Waals surface area contributed by atoms with Crippen molar-refractivity contribution in [1.29, 1.82) is 0 Å². The quantitative estimate of drug-likeness (QED) is 0.804. The van der Waals surface area contributed by atoms with Gasteiger partial charge in [-0.3, -0.25) is 0 Å². The van der Waals surface area contributed by atoms with Crippen molar-refractivity contribution in [3.05, 3.63) is 28.2 Å². The van der Waals surface area contributed by atoms with E-state index in [2.05, 4.69) is 79.1 Å². The Morgan fingerprint density at radius 1 is 1.16 bits per heavy atom. The van der Waals surface area contributed by atoms with E-state index in [9.17, 15) is 0 Å². The fourth-order valence-corrected chi connectivity index (χ4v) is 2.53. The highest BCUT2D eigenvalue weighted by Crippen LogP contribution is 2.25. The third kappa shape index (κ3) is 5.96. The molecule has 0 radical (unpaired) electrons. The number of rotatable bonds is 7. The molecule has 1 aromatic carbocycles. The number of halogens is 1. The average molecular weight is 327 g/mol. The molecule has 1 aromatic rings. The maximum Gasteiger partial charge on any atom is 0.0420 e. The smallest absolute Gasteiger partial charge is 0.0420 e. The maximum absolute atomic E-state index is 3.58. The Kier molecular flexibility index (Phi) is 6.87. The molecule has 0 amide bonds. The van der Waals surface area contributed by atoms with Crippen LogP contribution in [0.25, 0.3) is 0 Å². The van der Waals surface area contributed by atoms with Crippen molar-refractivity contribution in [3.8, 4) is 0 Å². The molecule has 0 bridgehead atoms. The van der Waals surface area contributed by atoms with E-state index in [1.54, 1.807) is 0 Å². The standard InChI is InChI=1S/C16H27BrN2/c1-12(2)9-18-10-14-6-7-15(17)8-16(14)19(5)11-13(3)4/h6-8,12-13,18H,9-11H2,1-5H3. The summed E-state index contributed by atoms with van der Waals surface area (Å²) < 4.78 is 1.14. The minimum atomic E-state index is 0.667. The van der Waals surface area contributed by atoms with Gasteiger partial charge in [0.1, 0.15) is 0 Å². The van der Waals surface area contributed by atoms with Crippen molar-refractivity contribution in [2.24, 2.45) is 11.8 Å². The topological polar surface area (TPSA) is 15.3 Å². The number of hydrogen-bond donors (Lipinski definition) is 1. The summed E-state index contributed by atoms with van der Waals surface area (Å²) in [5.74, 6) is 1.35. The number of anilines is 1. The zero-order valence-corrected chi connectivity index (χ0v) is 14.4. The Balaban J connectivity index is 2.79. The normalized spacial score (nSPS) is 11.4. The van der Waals surface area contributed by atoms with Gasteiger partial charge < -0.3 is 10.2 Å². The van der Waals surface area contributed by atoms with Crippen molar-refractivity contribution in [2.75, 3.05) is 25.0 Å². The van der Waals surface area contributed by atoms with Crippen molar-refractivity contribution < 1.29 is 0 Å². The van der Waals surface area contributed by atoms with Crippen LogP contribution < -0.4 is 10.2 Å². The van der Waals surface area contributed by atoms with Gasteiger partial charge in [-0.2, -0.15) is 0 Å². The summed E-state index contributed by atoms with van der Waals surface area (Å²) in [5.41, 5.74) is 2.69. The molecule has 0 spiro atoms. The molecule has 19 heavy (non-hydrogen) atoms. The Hall–Kier alpha value is -0.540. The van der Waals surface area contributed by atoms with E-state index in [4.69, 9.17) is 0 Å². The summed E-state index contributed by atoms with van der Waals surface area (Å²) in [6.45, 7) is 12.1. The molecule has 0 aliphatic carbocycles. The van der Waals surface area contributed by atoms with Gasteiger partial charge >= 0.3 is 0 Å². The molecular weight excluding hydrogens is 300 g/mol. The van der Waals surface area contributed by atoms with E-state index in [0.29, 0.717) is 11.8 Å². The summed E-state index contributed by atoms with van der Waals surface area (Å²) in [5, 5.41) is 3.53. The fourth-order valence-electron chi connectivity index (χ4n) is 2.18. The molecule has 0 saturated carbocycles. The van der Waals surface area contributed by atoms with Gasteiger partial charge in [-0.25, -0.2) is 0 Å². The van der Waals surface area contributed by atoms with Crippen LogP contribution in [-0.2, 0) is 6.54 Å². The Morgan fingerprint density at radius 2 is 1.84 bits per heavy atom. The first-order chi connectivity index (χ1) is 8.90. The summed E-state index contributed by atoms with van der Waals surface area (Å²) >= 11 is 3.58. The van der Waals surface area contributed by atoms with E-state index < -0.39 is 0 Å². The highest BCUT2D eigenvalue weighted by Gasteiger charge is 2.09. The average Bonchev–Trinajstić information content (AvgIpc) is 2.29. The van der Waals surface area contributed by atoms with Gasteiger partial charge in [-0.1, -0.05) is 49.7 Å². The first-order valence-corrected chi connectivity index (χ1v) is 7.89. The highest BCUT2D eigenvalue weighted by molar-refractivity contribution is 9.10. The minimum absolute atomic E-state index is 0.667. The van der Waals surface area contributed by atoms with Crippen LogP contribution in [0.2, 0.25) is 0 Å². The van der Waals surface area contributed by atoms with Crippen molar-refractivity contribution in [2.45, 2.75) is 34.2 Å². The molecule has 0 aromatic heterocycles. The summed E-state index contributed by atoms with van der Waals surface area (Å²) in [6.07, 6.45) is 0. The second-order valence-corrected chi connectivity index (χ2v) is 6.99. The lowest BCUT2D eigenvalue weighted by molar-refractivity contribution is 0.551. The Bertz CT molecular complexity index is 388. The molecule has 0 saturated heterocycles. The van der Waals surface area contributed by atoms with Crippen LogP contribution >= 0.6 is 15.9 Å². The maximum atomic E-state index is 3.58. The second-order valence-electron chi connectivity index (χ2n) is 6.07. The largest absolute Gasteiger partial charge is 0.374 e. The van der Waals surface area contributed by atoms with E-state index in [1.165, 1.54) is 11.3 Å². The lowest BCUT2D eigenvalue weighted by Crippen LogP contribution is -2.25. The molecule has 2 nitrogen and oxygen atoms in total. The molecule has 0 heterocycles. The number of nitrogens with one attached hydrogen (secondary N) is 1. The molecule has 108 valence electrons. The van der Waals surface area contributed by atoms with Crippen LogP contribution in [0.15, 0.2) is 22.7 Å². The van der Waals surface area contributed by atoms with Crippen molar-refractivity contribution in [3.63, 3.8) is 0 Å². The van der Waals surface area contributed by atoms with Crippen LogP contribution in [-0.4, -0.2) is 20.1 Å². The first-order valence-electron chi connectivity index (χ1n) is 7.10. The molecule has 1 N–H and O–H groups in total. The van der Waals surface area contributed by atoms with Crippen LogP contribution in [0.4, 0.5) is 5.69 Å². The summed E-state index contributed by atoms with van der Waals surface area (Å²) in [7, 11) is 2.17. The number of nitrogens with zero attached hydrogens (tertiary/aromatic N) is 1. The van der Waals surface area contributed by atoms with Crippen LogP contribution in [0.5, 0.6) is 0 Å². The second kappa shape index (κ2) is 7.91. The third-order valence-corrected chi connectivity index (χ3v) is 3.46. The van der Waals surface area contributed by atoms with E-state index in [1.807, 2.05) is 0 Å². The van der Waals surface area contributed by atoms with Gasteiger partial charge in [0.25, 0.3) is 0 Å². The molecule has 0 aliphatic rings. The summed E-state index contributed by atoms with van der Waals surface area (Å²) in [4.78, 5) is 2.35. The van der Waals surface area contributed by atoms with Gasteiger partial charge in [-0.05, 0) is 36.1 Å². The molecule has 1 rings (SSSR count). The SMILES string of the molecule is CC(C)CNCc1ccc(Br)cc1N(C)CC(C)C. The third-order valence-electron chi connectivity index (χ3n) is 2.97. The Labute approximate surface area is 126 Å². The Morgan fingerprint density at radius 3 is 2.42 bits per heavy atom. The monoisotopic (exact) mass is 326 g/mol. The van der Waals surface area contributed by atoms with E-state index in [-0.39, 0.29) is 0 Å². The van der Waals surface area contributed by atoms with Crippen LogP contribution in [0.1, 0.15) is 33.3 Å². The molecule has 3 heteroatoms. The predicted octanol–water partition coefficient (Wildman–Crippen LogP) is 4.29. The number of benzene rings is 1. The minimum Gasteiger partial charge on any atom is -0.374 e. The molecular formula is C16H27BrN2. The molecule has 0 fully saturated rings. The van der Waals surface area contributed by atoms with Crippen LogP contribution in [0, 0.1) is 11.8 Å². The zero-order chi connectivity index (χ0) is 14.4. The predicted molar refractivity (Wildman–Crippen MR) is 88.8 cm³/mol. The van der Waals surface area contributed by atoms with Gasteiger partial charge in [0.15, 0.2) is 0 Å². The van der Waals surface area contributed by atoms with E-state index in [0.717, 1.165) is 24.1 Å². The van der Waals surface area contributed by atoms with Gasteiger partial charge in [0, 0.05) is 30.3 Å². The molecule has 0 atom stereocenters. The highest BCUT2D eigenvalue weighted by atomic mass is 79.9. The molecule has 0 aliphatic heterocycles.